The van der Waals surface area contributed by atoms with Crippen LogP contribution in [0.1, 0.15) is 0 Å². The van der Waals surface area contributed by atoms with Crippen LogP contribution in [0.5, 0.6) is 11.5 Å². The topological polar surface area (TPSA) is 90.6 Å². The Morgan fingerprint density at radius 1 is 1.03 bits per heavy atom. The van der Waals surface area contributed by atoms with E-state index in [4.69, 9.17) is 27.9 Å². The zero-order valence-corrected chi connectivity index (χ0v) is 17.4. The third kappa shape index (κ3) is 3.69. The number of nitrogens with zero attached hydrogens (tertiary/aromatic N) is 6. The second-order valence-electron chi connectivity index (χ2n) is 6.58. The lowest BCUT2D eigenvalue weighted by Gasteiger charge is -2.12. The van der Waals surface area contributed by atoms with Gasteiger partial charge in [0.05, 0.1) is 16.1 Å². The molecule has 3 heterocycles. The molecular formula is C20H12Cl2FN7O. The molecule has 154 valence electrons. The van der Waals surface area contributed by atoms with Crippen molar-refractivity contribution >= 4 is 56.8 Å². The molecule has 0 aliphatic carbocycles. The molecule has 0 fully saturated rings. The number of halogens is 3. The number of benzene rings is 2. The average Bonchev–Trinajstić information content (AvgIpc) is 3.11. The maximum Gasteiger partial charge on any atom is 0.181 e. The van der Waals surface area contributed by atoms with Crippen molar-refractivity contribution in [3.05, 3.63) is 64.8 Å². The van der Waals surface area contributed by atoms with Crippen LogP contribution in [0.4, 0.5) is 15.9 Å². The second kappa shape index (κ2) is 7.60. The molecule has 31 heavy (non-hydrogen) atoms. The number of anilines is 2. The fourth-order valence-electron chi connectivity index (χ4n) is 3.08. The first-order valence-electron chi connectivity index (χ1n) is 8.98. The molecular weight excluding hydrogens is 444 g/mol. The van der Waals surface area contributed by atoms with Crippen LogP contribution in [-0.4, -0.2) is 29.9 Å². The summed E-state index contributed by atoms with van der Waals surface area (Å²) in [4.78, 5) is 12.5. The van der Waals surface area contributed by atoms with E-state index in [1.165, 1.54) is 18.5 Å². The molecule has 3 aromatic heterocycles. The number of pyridine rings is 1. The summed E-state index contributed by atoms with van der Waals surface area (Å²) < 4.78 is 22.2. The molecule has 0 amide bonds. The van der Waals surface area contributed by atoms with E-state index in [0.717, 1.165) is 5.52 Å². The smallest absolute Gasteiger partial charge is 0.181 e. The highest BCUT2D eigenvalue weighted by atomic mass is 35.5. The van der Waals surface area contributed by atoms with Crippen molar-refractivity contribution < 1.29 is 9.13 Å². The van der Waals surface area contributed by atoms with Gasteiger partial charge in [-0.15, -0.1) is 5.10 Å². The number of aromatic nitrogens is 6. The largest absolute Gasteiger partial charge is 0.453 e. The molecule has 0 aliphatic rings. The predicted octanol–water partition coefficient (Wildman–Crippen LogP) is 5.29. The van der Waals surface area contributed by atoms with Crippen molar-refractivity contribution in [2.45, 2.75) is 0 Å². The fraction of sp³-hybridized carbons (Fsp3) is 0.0500. The minimum Gasteiger partial charge on any atom is -0.453 e. The lowest BCUT2D eigenvalue weighted by Crippen LogP contribution is -1.99. The first-order valence-corrected chi connectivity index (χ1v) is 9.74. The predicted molar refractivity (Wildman–Crippen MR) is 116 cm³/mol. The van der Waals surface area contributed by atoms with Gasteiger partial charge in [-0.25, -0.2) is 24.0 Å². The Bertz CT molecular complexity index is 1430. The Morgan fingerprint density at radius 3 is 2.74 bits per heavy atom. The van der Waals surface area contributed by atoms with Crippen LogP contribution in [0, 0.1) is 5.82 Å². The summed E-state index contributed by atoms with van der Waals surface area (Å²) in [7, 11) is 1.78. The van der Waals surface area contributed by atoms with E-state index in [9.17, 15) is 4.39 Å². The number of fused-ring (bicyclic) bond motifs is 2. The van der Waals surface area contributed by atoms with Gasteiger partial charge in [0.2, 0.25) is 0 Å². The van der Waals surface area contributed by atoms with Gasteiger partial charge in [-0.2, -0.15) is 0 Å². The van der Waals surface area contributed by atoms with E-state index in [0.29, 0.717) is 39.0 Å². The third-order valence-corrected chi connectivity index (χ3v) is 5.00. The minimum absolute atomic E-state index is 0.0751. The van der Waals surface area contributed by atoms with Crippen molar-refractivity contribution in [2.75, 3.05) is 5.32 Å². The first kappa shape index (κ1) is 19.4. The van der Waals surface area contributed by atoms with Crippen LogP contribution in [0.2, 0.25) is 10.2 Å². The molecule has 0 unspecified atom stereocenters. The molecule has 0 saturated heterocycles. The molecule has 0 saturated carbocycles. The van der Waals surface area contributed by atoms with Crippen molar-refractivity contribution in [1.82, 2.24) is 29.9 Å². The molecule has 2 aromatic carbocycles. The normalized spacial score (nSPS) is 11.2. The number of rotatable bonds is 4. The van der Waals surface area contributed by atoms with Gasteiger partial charge in [0.15, 0.2) is 17.4 Å². The van der Waals surface area contributed by atoms with Crippen molar-refractivity contribution in [2.24, 2.45) is 7.05 Å². The molecule has 1 N–H and O–H groups in total. The van der Waals surface area contributed by atoms with Crippen LogP contribution < -0.4 is 10.1 Å². The second-order valence-corrected chi connectivity index (χ2v) is 7.38. The Labute approximate surface area is 184 Å². The van der Waals surface area contributed by atoms with Crippen molar-refractivity contribution in [3.8, 4) is 11.5 Å². The molecule has 5 aromatic rings. The fourth-order valence-corrected chi connectivity index (χ4v) is 3.47. The summed E-state index contributed by atoms with van der Waals surface area (Å²) >= 11 is 12.3. The Balaban J connectivity index is 1.46. The van der Waals surface area contributed by atoms with E-state index in [1.54, 1.807) is 42.1 Å². The van der Waals surface area contributed by atoms with Crippen LogP contribution in [0.25, 0.3) is 22.1 Å². The standard InChI is InChI=1S/C20H12Cl2FN7O/c1-30-16-4-2-11(8-15(16)28-29-30)31-19-12(21)6-10(7-13(19)23)26-20-18-14(24-9-25-20)3-5-17(22)27-18/h2-9H,1H3,(H,24,25,26). The van der Waals surface area contributed by atoms with Gasteiger partial charge in [-0.3, -0.25) is 0 Å². The maximum atomic E-state index is 14.8. The zero-order chi connectivity index (χ0) is 21.5. The summed E-state index contributed by atoms with van der Waals surface area (Å²) in [6, 6.07) is 11.3. The van der Waals surface area contributed by atoms with Gasteiger partial charge in [0.1, 0.15) is 28.3 Å². The first-order chi connectivity index (χ1) is 15.0. The zero-order valence-electron chi connectivity index (χ0n) is 15.8. The number of hydrogen-bond donors (Lipinski definition) is 1. The molecule has 8 nitrogen and oxygen atoms in total. The van der Waals surface area contributed by atoms with E-state index >= 15 is 0 Å². The van der Waals surface area contributed by atoms with Crippen LogP contribution >= 0.6 is 23.2 Å². The van der Waals surface area contributed by atoms with Gasteiger partial charge in [-0.1, -0.05) is 28.4 Å². The molecule has 11 heteroatoms. The number of aryl methyl sites for hydroxylation is 1. The molecule has 5 rings (SSSR count). The number of ether oxygens (including phenoxy) is 1. The van der Waals surface area contributed by atoms with Gasteiger partial charge in [0, 0.05) is 24.9 Å². The summed E-state index contributed by atoms with van der Waals surface area (Å²) in [5.41, 5.74) is 2.85. The quantitative estimate of drug-likeness (QED) is 0.368. The lowest BCUT2D eigenvalue weighted by atomic mass is 10.2. The Kier molecular flexibility index (Phi) is 4.76. The molecule has 0 radical (unpaired) electrons. The summed E-state index contributed by atoms with van der Waals surface area (Å²) in [6.45, 7) is 0. The van der Waals surface area contributed by atoms with Crippen LogP contribution in [0.15, 0.2) is 48.8 Å². The van der Waals surface area contributed by atoms with Gasteiger partial charge in [-0.05, 0) is 30.3 Å². The van der Waals surface area contributed by atoms with E-state index < -0.39 is 5.82 Å². The summed E-state index contributed by atoms with van der Waals surface area (Å²) in [6.07, 6.45) is 1.37. The molecule has 0 aliphatic heterocycles. The highest BCUT2D eigenvalue weighted by molar-refractivity contribution is 6.32. The average molecular weight is 456 g/mol. The molecule has 0 spiro atoms. The van der Waals surface area contributed by atoms with Crippen LogP contribution in [0.3, 0.4) is 0 Å². The van der Waals surface area contributed by atoms with Crippen LogP contribution in [-0.2, 0) is 7.05 Å². The third-order valence-electron chi connectivity index (χ3n) is 4.51. The number of hydrogen-bond acceptors (Lipinski definition) is 7. The van der Waals surface area contributed by atoms with E-state index in [1.807, 2.05) is 0 Å². The highest BCUT2D eigenvalue weighted by Gasteiger charge is 2.15. The lowest BCUT2D eigenvalue weighted by molar-refractivity contribution is 0.443. The Morgan fingerprint density at radius 2 is 1.90 bits per heavy atom. The van der Waals surface area contributed by atoms with Crippen molar-refractivity contribution in [1.29, 1.82) is 0 Å². The molecule has 0 atom stereocenters. The number of nitrogens with one attached hydrogen (secondary N) is 1. The maximum absolute atomic E-state index is 14.8. The summed E-state index contributed by atoms with van der Waals surface area (Å²) in [5.74, 6) is -0.0114. The van der Waals surface area contributed by atoms with E-state index in [-0.39, 0.29) is 10.8 Å². The van der Waals surface area contributed by atoms with Gasteiger partial charge >= 0.3 is 0 Å². The summed E-state index contributed by atoms with van der Waals surface area (Å²) in [5, 5.41) is 11.3. The SMILES string of the molecule is Cn1nnc2cc(Oc3c(F)cc(Nc4ncnc5ccc(Cl)nc45)cc3Cl)ccc21. The van der Waals surface area contributed by atoms with Gasteiger partial charge in [0.25, 0.3) is 0 Å². The molecule has 0 bridgehead atoms. The van der Waals surface area contributed by atoms with E-state index in [2.05, 4.69) is 30.6 Å². The Hall–Kier alpha value is -3.56. The van der Waals surface area contributed by atoms with Gasteiger partial charge < -0.3 is 10.1 Å². The van der Waals surface area contributed by atoms with Crippen molar-refractivity contribution in [3.63, 3.8) is 0 Å². The minimum atomic E-state index is -0.654. The highest BCUT2D eigenvalue weighted by Crippen LogP contribution is 2.36. The monoisotopic (exact) mass is 455 g/mol.